The molecule has 6 heteroatoms. The molecule has 2 fully saturated rings. The van der Waals surface area contributed by atoms with Crippen LogP contribution in [0.15, 0.2) is 48.7 Å². The molecule has 36 heavy (non-hydrogen) atoms. The van der Waals surface area contributed by atoms with Crippen molar-refractivity contribution in [3.8, 4) is 0 Å². The molecule has 2 heterocycles. The summed E-state index contributed by atoms with van der Waals surface area (Å²) in [6.07, 6.45) is 10.8. The number of pyridine rings is 1. The number of H-pyrrole nitrogens is 1. The third-order valence-corrected chi connectivity index (χ3v) is 8.54. The summed E-state index contributed by atoms with van der Waals surface area (Å²) in [6.45, 7) is 2.26. The summed E-state index contributed by atoms with van der Waals surface area (Å²) in [5.74, 6) is 2.08. The summed E-state index contributed by atoms with van der Waals surface area (Å²) in [6, 6.07) is 13.0. The summed E-state index contributed by atoms with van der Waals surface area (Å²) in [5, 5.41) is 4.12. The highest BCUT2D eigenvalue weighted by Gasteiger charge is 2.29. The van der Waals surface area contributed by atoms with Gasteiger partial charge in [-0.05, 0) is 98.4 Å². The van der Waals surface area contributed by atoms with Crippen molar-refractivity contribution in [2.45, 2.75) is 76.2 Å². The molecule has 1 amide bonds. The van der Waals surface area contributed by atoms with Gasteiger partial charge in [0.1, 0.15) is 11.6 Å². The lowest BCUT2D eigenvalue weighted by molar-refractivity contribution is 0.0938. The number of amides is 1. The van der Waals surface area contributed by atoms with Gasteiger partial charge in [0.25, 0.3) is 5.91 Å². The van der Waals surface area contributed by atoms with E-state index in [0.717, 1.165) is 66.3 Å². The van der Waals surface area contributed by atoms with E-state index in [9.17, 15) is 9.18 Å². The number of halogens is 1. The van der Waals surface area contributed by atoms with Crippen LogP contribution >= 0.6 is 0 Å². The van der Waals surface area contributed by atoms with E-state index in [4.69, 9.17) is 4.98 Å². The summed E-state index contributed by atoms with van der Waals surface area (Å²) >= 11 is 0. The number of fused-ring (bicyclic) bond motifs is 2. The zero-order valence-electron chi connectivity index (χ0n) is 20.8. The molecular weight excluding hydrogens is 451 g/mol. The van der Waals surface area contributed by atoms with Crippen molar-refractivity contribution < 1.29 is 9.18 Å². The van der Waals surface area contributed by atoms with Gasteiger partial charge in [-0.1, -0.05) is 19.8 Å². The van der Waals surface area contributed by atoms with Gasteiger partial charge in [-0.2, -0.15) is 0 Å². The van der Waals surface area contributed by atoms with Gasteiger partial charge in [-0.3, -0.25) is 9.78 Å². The number of hydrogen-bond donors (Lipinski definition) is 2. The van der Waals surface area contributed by atoms with Gasteiger partial charge in [0, 0.05) is 29.1 Å². The minimum absolute atomic E-state index is 0.00911. The molecule has 0 aliphatic heterocycles. The maximum Gasteiger partial charge on any atom is 0.251 e. The lowest BCUT2D eigenvalue weighted by Gasteiger charge is -2.32. The van der Waals surface area contributed by atoms with Crippen LogP contribution in [-0.4, -0.2) is 26.9 Å². The van der Waals surface area contributed by atoms with Crippen LogP contribution in [0, 0.1) is 11.7 Å². The Morgan fingerprint density at radius 3 is 2.58 bits per heavy atom. The molecule has 6 rings (SSSR count). The minimum atomic E-state index is -0.205. The highest BCUT2D eigenvalue weighted by Crippen LogP contribution is 2.43. The van der Waals surface area contributed by atoms with E-state index in [2.05, 4.69) is 28.3 Å². The van der Waals surface area contributed by atoms with Crippen molar-refractivity contribution in [2.24, 2.45) is 5.92 Å². The molecule has 1 atom stereocenters. The maximum atomic E-state index is 13.9. The number of imidazole rings is 1. The first-order chi connectivity index (χ1) is 17.5. The number of benzene rings is 2. The molecule has 2 aliphatic carbocycles. The Balaban J connectivity index is 1.14. The van der Waals surface area contributed by atoms with E-state index in [1.165, 1.54) is 24.5 Å². The molecule has 4 aromatic rings. The van der Waals surface area contributed by atoms with Crippen molar-refractivity contribution in [2.75, 3.05) is 0 Å². The second kappa shape index (κ2) is 9.64. The highest BCUT2D eigenvalue weighted by atomic mass is 19.1. The van der Waals surface area contributed by atoms with Gasteiger partial charge >= 0.3 is 0 Å². The predicted octanol–water partition coefficient (Wildman–Crippen LogP) is 7.00. The van der Waals surface area contributed by atoms with E-state index in [-0.39, 0.29) is 11.7 Å². The van der Waals surface area contributed by atoms with Gasteiger partial charge in [-0.15, -0.1) is 0 Å². The van der Waals surface area contributed by atoms with Gasteiger partial charge < -0.3 is 10.3 Å². The quantitative estimate of drug-likeness (QED) is 0.320. The molecule has 0 saturated heterocycles. The van der Waals surface area contributed by atoms with Gasteiger partial charge in [0.2, 0.25) is 0 Å². The average molecular weight is 485 g/mol. The van der Waals surface area contributed by atoms with Crippen molar-refractivity contribution in [1.82, 2.24) is 20.3 Å². The molecule has 186 valence electrons. The minimum Gasteiger partial charge on any atom is -0.349 e. The first-order valence-corrected chi connectivity index (χ1v) is 13.4. The monoisotopic (exact) mass is 484 g/mol. The SMILES string of the molecule is C[C@@H](c1nc2ccc(C(=O)NC3CCCC3)cc2[nH]1)C1CCC(c2ccnc3ccc(F)cc23)CC1. The first kappa shape index (κ1) is 23.1. The van der Waals surface area contributed by atoms with Crippen LogP contribution in [0.4, 0.5) is 4.39 Å². The zero-order valence-corrected chi connectivity index (χ0v) is 20.8. The number of aromatic amines is 1. The summed E-state index contributed by atoms with van der Waals surface area (Å²) in [5.41, 5.74) is 4.61. The average Bonchev–Trinajstić information content (AvgIpc) is 3.57. The standard InChI is InChI=1S/C30H33FN4O/c1-18(19-6-8-20(9-7-19)24-14-15-32-26-13-11-22(31)17-25(24)26)29-34-27-12-10-21(16-28(27)35-29)30(36)33-23-4-2-3-5-23/h10-20,23H,2-9H2,1H3,(H,33,36)(H,34,35)/t18-,19?,20?/m1/s1. The molecule has 2 saturated carbocycles. The molecule has 0 radical (unpaired) electrons. The van der Waals surface area contributed by atoms with Crippen LogP contribution in [0.25, 0.3) is 21.9 Å². The Hall–Kier alpha value is -3.28. The maximum absolute atomic E-state index is 13.9. The lowest BCUT2D eigenvalue weighted by Crippen LogP contribution is -2.32. The van der Waals surface area contributed by atoms with Crippen molar-refractivity contribution in [1.29, 1.82) is 0 Å². The molecule has 2 N–H and O–H groups in total. The number of nitrogens with zero attached hydrogens (tertiary/aromatic N) is 2. The van der Waals surface area contributed by atoms with Crippen LogP contribution in [0.2, 0.25) is 0 Å². The molecule has 2 aromatic carbocycles. The second-order valence-corrected chi connectivity index (χ2v) is 10.8. The summed E-state index contributed by atoms with van der Waals surface area (Å²) in [4.78, 5) is 25.5. The second-order valence-electron chi connectivity index (χ2n) is 10.8. The number of nitrogens with one attached hydrogen (secondary N) is 2. The topological polar surface area (TPSA) is 70.7 Å². The van der Waals surface area contributed by atoms with E-state index in [1.807, 2.05) is 24.4 Å². The van der Waals surface area contributed by atoms with Crippen LogP contribution < -0.4 is 5.32 Å². The van der Waals surface area contributed by atoms with E-state index >= 15 is 0 Å². The highest BCUT2D eigenvalue weighted by molar-refractivity contribution is 5.97. The number of hydrogen-bond acceptors (Lipinski definition) is 3. The van der Waals surface area contributed by atoms with Crippen LogP contribution in [0.5, 0.6) is 0 Å². The molecule has 0 unspecified atom stereocenters. The van der Waals surface area contributed by atoms with Crippen LogP contribution in [0.1, 0.15) is 91.9 Å². The predicted molar refractivity (Wildman–Crippen MR) is 141 cm³/mol. The number of rotatable bonds is 5. The fourth-order valence-corrected chi connectivity index (χ4v) is 6.37. The Kier molecular flexibility index (Phi) is 6.20. The van der Waals surface area contributed by atoms with Gasteiger partial charge in [0.15, 0.2) is 0 Å². The van der Waals surface area contributed by atoms with Crippen molar-refractivity contribution in [3.05, 3.63) is 71.4 Å². The molecule has 0 spiro atoms. The third-order valence-electron chi connectivity index (χ3n) is 8.54. The largest absolute Gasteiger partial charge is 0.349 e. The Morgan fingerprint density at radius 1 is 1.00 bits per heavy atom. The van der Waals surface area contributed by atoms with Crippen LogP contribution in [-0.2, 0) is 0 Å². The van der Waals surface area contributed by atoms with Gasteiger partial charge in [-0.25, -0.2) is 9.37 Å². The Morgan fingerprint density at radius 2 is 1.78 bits per heavy atom. The normalized spacial score (nSPS) is 21.7. The third kappa shape index (κ3) is 4.49. The number of aromatic nitrogens is 3. The van der Waals surface area contributed by atoms with E-state index < -0.39 is 0 Å². The van der Waals surface area contributed by atoms with Gasteiger partial charge in [0.05, 0.1) is 16.6 Å². The van der Waals surface area contributed by atoms with Crippen molar-refractivity contribution >= 4 is 27.8 Å². The molecular formula is C30H33FN4O. The van der Waals surface area contributed by atoms with Crippen LogP contribution in [0.3, 0.4) is 0 Å². The molecule has 2 aliphatic rings. The summed E-state index contributed by atoms with van der Waals surface area (Å²) in [7, 11) is 0. The first-order valence-electron chi connectivity index (χ1n) is 13.4. The lowest BCUT2D eigenvalue weighted by atomic mass is 9.73. The number of carbonyl (C=O) groups excluding carboxylic acids is 1. The Bertz CT molecular complexity index is 1400. The molecule has 0 bridgehead atoms. The molecule has 5 nitrogen and oxygen atoms in total. The Labute approximate surface area is 210 Å². The van der Waals surface area contributed by atoms with Crippen molar-refractivity contribution in [3.63, 3.8) is 0 Å². The fourth-order valence-electron chi connectivity index (χ4n) is 6.37. The zero-order chi connectivity index (χ0) is 24.6. The molecule has 2 aromatic heterocycles. The van der Waals surface area contributed by atoms with E-state index in [1.54, 1.807) is 12.1 Å². The number of carbonyl (C=O) groups is 1. The fraction of sp³-hybridized carbons (Fsp3) is 0.433. The summed E-state index contributed by atoms with van der Waals surface area (Å²) < 4.78 is 13.9. The smallest absolute Gasteiger partial charge is 0.251 e. The van der Waals surface area contributed by atoms with E-state index in [0.29, 0.717) is 29.4 Å².